The van der Waals surface area contributed by atoms with E-state index in [9.17, 15) is 0 Å². The van der Waals surface area contributed by atoms with Crippen LogP contribution in [-0.4, -0.2) is 60.2 Å². The predicted octanol–water partition coefficient (Wildman–Crippen LogP) is 1.57. The lowest BCUT2D eigenvalue weighted by atomic mass is 10.0. The van der Waals surface area contributed by atoms with Crippen LogP contribution in [0.2, 0.25) is 0 Å². The van der Waals surface area contributed by atoms with Crippen LogP contribution in [0.4, 0.5) is 11.5 Å². The fourth-order valence-electron chi connectivity index (χ4n) is 3.06. The van der Waals surface area contributed by atoms with Crippen LogP contribution in [0.15, 0.2) is 24.3 Å². The lowest BCUT2D eigenvalue weighted by Crippen LogP contribution is -2.45. The molecular weight excluding hydrogens is 316 g/mol. The first-order valence-corrected chi connectivity index (χ1v) is 8.58. The summed E-state index contributed by atoms with van der Waals surface area (Å²) >= 11 is 0. The number of rotatable bonds is 5. The summed E-state index contributed by atoms with van der Waals surface area (Å²) in [4.78, 5) is 4.62. The minimum absolute atomic E-state index is 0.315. The molecule has 1 fully saturated rings. The summed E-state index contributed by atoms with van der Waals surface area (Å²) < 4.78 is 7.38. The molecule has 134 valence electrons. The van der Waals surface area contributed by atoms with Crippen molar-refractivity contribution in [2.45, 2.75) is 6.92 Å². The van der Waals surface area contributed by atoms with E-state index in [4.69, 9.17) is 15.9 Å². The largest absolute Gasteiger partial charge is 0.494 e. The molecule has 0 bridgehead atoms. The standard InChI is InChI=1S/C18H26N6O/c1-4-25-13-5-6-15(19)14(11-13)18(20)16-12-17(23(3)21-16)24-9-7-22(2)8-10-24/h5-6,11-12,20H,4,7-10,19H2,1-3H3. The molecule has 7 nitrogen and oxygen atoms in total. The number of ether oxygens (including phenoxy) is 1. The van der Waals surface area contributed by atoms with Crippen LogP contribution in [0.25, 0.3) is 0 Å². The fourth-order valence-corrected chi connectivity index (χ4v) is 3.06. The molecule has 0 unspecified atom stereocenters. The summed E-state index contributed by atoms with van der Waals surface area (Å²) in [6.07, 6.45) is 0. The molecule has 1 saturated heterocycles. The zero-order chi connectivity index (χ0) is 18.0. The van der Waals surface area contributed by atoms with E-state index >= 15 is 0 Å². The van der Waals surface area contributed by atoms with Gasteiger partial charge in [-0.2, -0.15) is 5.10 Å². The number of aromatic nitrogens is 2. The Morgan fingerprint density at radius 3 is 2.60 bits per heavy atom. The van der Waals surface area contributed by atoms with Crippen molar-refractivity contribution in [3.05, 3.63) is 35.5 Å². The Morgan fingerprint density at radius 1 is 1.20 bits per heavy atom. The average molecular weight is 342 g/mol. The van der Waals surface area contributed by atoms with E-state index < -0.39 is 0 Å². The van der Waals surface area contributed by atoms with Crippen molar-refractivity contribution in [1.82, 2.24) is 14.7 Å². The lowest BCUT2D eigenvalue weighted by Gasteiger charge is -2.33. The number of hydrogen-bond donors (Lipinski definition) is 2. The van der Waals surface area contributed by atoms with Gasteiger partial charge in [0.25, 0.3) is 0 Å². The SMILES string of the molecule is CCOc1ccc(N)c(C(=N)c2cc(N3CCN(C)CC3)n(C)n2)c1. The van der Waals surface area contributed by atoms with Crippen molar-refractivity contribution < 1.29 is 4.74 Å². The van der Waals surface area contributed by atoms with Crippen molar-refractivity contribution >= 4 is 17.2 Å². The molecule has 1 aromatic carbocycles. The number of benzene rings is 1. The summed E-state index contributed by atoms with van der Waals surface area (Å²) in [5.74, 6) is 1.75. The van der Waals surface area contributed by atoms with Gasteiger partial charge in [-0.1, -0.05) is 0 Å². The topological polar surface area (TPSA) is 83.4 Å². The second-order valence-corrected chi connectivity index (χ2v) is 6.36. The van der Waals surface area contributed by atoms with Gasteiger partial charge in [0.2, 0.25) is 0 Å². The second kappa shape index (κ2) is 7.14. The number of nitrogens with one attached hydrogen (secondary N) is 1. The molecule has 3 N–H and O–H groups in total. The zero-order valence-electron chi connectivity index (χ0n) is 15.1. The molecule has 0 radical (unpaired) electrons. The number of anilines is 2. The zero-order valence-corrected chi connectivity index (χ0v) is 15.1. The molecule has 1 aromatic heterocycles. The van der Waals surface area contributed by atoms with Gasteiger partial charge in [0.15, 0.2) is 0 Å². The Hall–Kier alpha value is -2.54. The van der Waals surface area contributed by atoms with Gasteiger partial charge in [-0.25, -0.2) is 0 Å². The number of hydrogen-bond acceptors (Lipinski definition) is 6. The Balaban J connectivity index is 1.86. The molecule has 1 aliphatic rings. The van der Waals surface area contributed by atoms with Gasteiger partial charge in [0.1, 0.15) is 17.3 Å². The minimum Gasteiger partial charge on any atom is -0.494 e. The lowest BCUT2D eigenvalue weighted by molar-refractivity contribution is 0.311. The first-order valence-electron chi connectivity index (χ1n) is 8.58. The monoisotopic (exact) mass is 342 g/mol. The number of nitrogen functional groups attached to an aromatic ring is 1. The number of aryl methyl sites for hydroxylation is 1. The number of piperazine rings is 1. The molecule has 7 heteroatoms. The quantitative estimate of drug-likeness (QED) is 0.636. The van der Waals surface area contributed by atoms with E-state index in [1.165, 1.54) is 0 Å². The van der Waals surface area contributed by atoms with Crippen LogP contribution < -0.4 is 15.4 Å². The molecule has 0 saturated carbocycles. The Kier molecular flexibility index (Phi) is 4.94. The van der Waals surface area contributed by atoms with E-state index in [0.717, 1.165) is 32.0 Å². The van der Waals surface area contributed by atoms with Crippen LogP contribution in [0.3, 0.4) is 0 Å². The van der Waals surface area contributed by atoms with E-state index in [1.807, 2.05) is 36.9 Å². The summed E-state index contributed by atoms with van der Waals surface area (Å²) in [5, 5.41) is 13.1. The Labute approximate surface area is 148 Å². The summed E-state index contributed by atoms with van der Waals surface area (Å²) in [6.45, 7) is 6.49. The molecular formula is C18H26N6O. The van der Waals surface area contributed by atoms with Gasteiger partial charge >= 0.3 is 0 Å². The van der Waals surface area contributed by atoms with Crippen LogP contribution >= 0.6 is 0 Å². The van der Waals surface area contributed by atoms with Crippen molar-refractivity contribution in [3.8, 4) is 5.75 Å². The third-order valence-electron chi connectivity index (χ3n) is 4.54. The summed E-state index contributed by atoms with van der Waals surface area (Å²) in [6, 6.07) is 7.38. The minimum atomic E-state index is 0.315. The average Bonchev–Trinajstić information content (AvgIpc) is 2.99. The van der Waals surface area contributed by atoms with E-state index in [0.29, 0.717) is 35.0 Å². The first-order chi connectivity index (χ1) is 12.0. The number of likely N-dealkylation sites (N-methyl/N-ethyl adjacent to an activating group) is 1. The highest BCUT2D eigenvalue weighted by Gasteiger charge is 2.20. The van der Waals surface area contributed by atoms with E-state index in [-0.39, 0.29) is 0 Å². The molecule has 25 heavy (non-hydrogen) atoms. The third kappa shape index (κ3) is 3.61. The third-order valence-corrected chi connectivity index (χ3v) is 4.54. The van der Waals surface area contributed by atoms with E-state index in [1.54, 1.807) is 6.07 Å². The molecule has 0 amide bonds. The molecule has 0 spiro atoms. The normalized spacial score (nSPS) is 15.4. The van der Waals surface area contributed by atoms with Crippen molar-refractivity contribution in [2.24, 2.45) is 7.05 Å². The predicted molar refractivity (Wildman–Crippen MR) is 101 cm³/mol. The molecule has 2 aromatic rings. The summed E-state index contributed by atoms with van der Waals surface area (Å²) in [7, 11) is 4.06. The maximum absolute atomic E-state index is 8.56. The maximum Gasteiger partial charge on any atom is 0.127 e. The van der Waals surface area contributed by atoms with Gasteiger partial charge in [0.05, 0.1) is 12.3 Å². The number of nitrogens with zero attached hydrogens (tertiary/aromatic N) is 4. The van der Waals surface area contributed by atoms with Crippen LogP contribution in [0.5, 0.6) is 5.75 Å². The number of nitrogens with two attached hydrogens (primary N) is 1. The maximum atomic E-state index is 8.56. The highest BCUT2D eigenvalue weighted by atomic mass is 16.5. The second-order valence-electron chi connectivity index (χ2n) is 6.36. The van der Waals surface area contributed by atoms with Crippen molar-refractivity contribution in [2.75, 3.05) is 50.5 Å². The van der Waals surface area contributed by atoms with Gasteiger partial charge < -0.3 is 20.3 Å². The van der Waals surface area contributed by atoms with Crippen LogP contribution in [0, 0.1) is 5.41 Å². The van der Waals surface area contributed by atoms with Gasteiger partial charge in [-0.05, 0) is 32.2 Å². The molecule has 0 atom stereocenters. The molecule has 0 aliphatic carbocycles. The smallest absolute Gasteiger partial charge is 0.127 e. The fraction of sp³-hybridized carbons (Fsp3) is 0.444. The van der Waals surface area contributed by atoms with E-state index in [2.05, 4.69) is 21.9 Å². The highest BCUT2D eigenvalue weighted by Crippen LogP contribution is 2.24. The Bertz CT molecular complexity index is 761. The van der Waals surface area contributed by atoms with Crippen LogP contribution in [-0.2, 0) is 7.05 Å². The van der Waals surface area contributed by atoms with Gasteiger partial charge in [-0.15, -0.1) is 0 Å². The van der Waals surface area contributed by atoms with Gasteiger partial charge in [-0.3, -0.25) is 10.1 Å². The summed E-state index contributed by atoms with van der Waals surface area (Å²) in [5.41, 5.74) is 8.22. The van der Waals surface area contributed by atoms with Crippen molar-refractivity contribution in [1.29, 1.82) is 5.41 Å². The molecule has 3 rings (SSSR count). The van der Waals surface area contributed by atoms with Gasteiger partial charge in [0, 0.05) is 50.5 Å². The highest BCUT2D eigenvalue weighted by molar-refractivity contribution is 6.13. The Morgan fingerprint density at radius 2 is 1.92 bits per heavy atom. The van der Waals surface area contributed by atoms with Crippen molar-refractivity contribution in [3.63, 3.8) is 0 Å². The molecule has 2 heterocycles. The first kappa shape index (κ1) is 17.3. The molecule has 1 aliphatic heterocycles. The van der Waals surface area contributed by atoms with Crippen LogP contribution in [0.1, 0.15) is 18.2 Å².